The van der Waals surface area contributed by atoms with Crippen molar-refractivity contribution in [2.75, 3.05) is 12.4 Å². The van der Waals surface area contributed by atoms with Gasteiger partial charge in [-0.2, -0.15) is 0 Å². The van der Waals surface area contributed by atoms with Crippen LogP contribution in [-0.4, -0.2) is 29.9 Å². The number of aromatic carboxylic acids is 1. The maximum Gasteiger partial charge on any atom is 0.337 e. The molecule has 0 saturated heterocycles. The van der Waals surface area contributed by atoms with Gasteiger partial charge in [-0.15, -0.1) is 0 Å². The van der Waals surface area contributed by atoms with Gasteiger partial charge in [0.2, 0.25) is 5.91 Å². The number of amides is 2. The van der Waals surface area contributed by atoms with E-state index in [1.807, 2.05) is 67.8 Å². The van der Waals surface area contributed by atoms with Crippen LogP contribution in [0.15, 0.2) is 0 Å². The lowest BCUT2D eigenvalue weighted by atomic mass is 10.1. The number of hydrogen-bond acceptors (Lipinski definition) is 3. The monoisotopic (exact) mass is 608 g/mol. The predicted octanol–water partition coefficient (Wildman–Crippen LogP) is 2.52. The van der Waals surface area contributed by atoms with Crippen LogP contribution in [0, 0.1) is 10.7 Å². The van der Waals surface area contributed by atoms with Crippen molar-refractivity contribution in [1.29, 1.82) is 0 Å². The third-order valence-corrected chi connectivity index (χ3v) is 5.52. The van der Waals surface area contributed by atoms with Gasteiger partial charge in [0.25, 0.3) is 5.91 Å². The molecule has 9 heteroatoms. The van der Waals surface area contributed by atoms with Crippen LogP contribution in [0.5, 0.6) is 0 Å². The van der Waals surface area contributed by atoms with E-state index in [-0.39, 0.29) is 17.0 Å². The molecule has 0 aliphatic rings. The van der Waals surface area contributed by atoms with Gasteiger partial charge in [-0.1, -0.05) is 0 Å². The molecule has 0 saturated carbocycles. The maximum absolute atomic E-state index is 12.0. The Morgan fingerprint density at radius 3 is 1.90 bits per heavy atom. The minimum atomic E-state index is -1.15. The Morgan fingerprint density at radius 1 is 1.00 bits per heavy atom. The van der Waals surface area contributed by atoms with Gasteiger partial charge in [0.1, 0.15) is 0 Å². The Labute approximate surface area is 155 Å². The molecule has 108 valence electrons. The third kappa shape index (κ3) is 3.52. The second-order valence-corrected chi connectivity index (χ2v) is 6.87. The Balaban J connectivity index is 3.78. The van der Waals surface area contributed by atoms with Crippen molar-refractivity contribution in [3.05, 3.63) is 21.8 Å². The van der Waals surface area contributed by atoms with E-state index in [0.717, 1.165) is 0 Å². The van der Waals surface area contributed by atoms with Crippen molar-refractivity contribution in [2.45, 2.75) is 6.92 Å². The molecule has 1 aromatic rings. The zero-order valence-electron chi connectivity index (χ0n) is 10.3. The number of hydrogen-bond donors (Lipinski definition) is 3. The van der Waals surface area contributed by atoms with E-state index in [0.29, 0.717) is 16.4 Å². The largest absolute Gasteiger partial charge is 0.478 e. The lowest BCUT2D eigenvalue weighted by Crippen LogP contribution is -2.24. The molecule has 0 fully saturated rings. The standard InChI is InChI=1S/C11H9I3N2O4/c1-3(17)16-9-7(13)4(10(18)15-2)6(12)5(8(9)14)11(19)20/h1-2H3,(H,15,18)(H,16,17)(H,19,20)/i12-2,13-2,14-2. The van der Waals surface area contributed by atoms with Crippen molar-refractivity contribution in [1.82, 2.24) is 5.32 Å². The molecule has 0 aliphatic carbocycles. The average molecular weight is 608 g/mol. The lowest BCUT2D eigenvalue weighted by molar-refractivity contribution is -0.114. The van der Waals surface area contributed by atoms with Crippen molar-refractivity contribution in [3.63, 3.8) is 0 Å². The van der Waals surface area contributed by atoms with Crippen LogP contribution >= 0.6 is 67.8 Å². The highest BCUT2D eigenvalue weighted by atomic mass is 125. The van der Waals surface area contributed by atoms with Crippen molar-refractivity contribution in [2.24, 2.45) is 0 Å². The molecule has 0 aromatic heterocycles. The quantitative estimate of drug-likeness (QED) is 0.461. The van der Waals surface area contributed by atoms with Gasteiger partial charge in [0, 0.05) is 17.5 Å². The number of nitrogens with one attached hydrogen (secondary N) is 2. The summed E-state index contributed by atoms with van der Waals surface area (Å²) in [6.07, 6.45) is 0. The molecule has 2 amide bonds. The first-order valence-electron chi connectivity index (χ1n) is 5.15. The fourth-order valence-corrected chi connectivity index (χ4v) is 5.85. The normalized spacial score (nSPS) is 10.1. The Bertz CT molecular complexity index is 616. The van der Waals surface area contributed by atoms with Crippen LogP contribution in [0.1, 0.15) is 27.6 Å². The third-order valence-electron chi connectivity index (χ3n) is 2.29. The Morgan fingerprint density at radius 2 is 1.50 bits per heavy atom. The topological polar surface area (TPSA) is 95.5 Å². The van der Waals surface area contributed by atoms with E-state index < -0.39 is 11.9 Å². The Hall–Kier alpha value is -0.180. The zero-order chi connectivity index (χ0) is 15.6. The van der Waals surface area contributed by atoms with Crippen LogP contribution in [0.4, 0.5) is 5.69 Å². The van der Waals surface area contributed by atoms with Gasteiger partial charge < -0.3 is 15.7 Å². The molecular formula is C11H9I3N2O4. The Kier molecular flexibility index (Phi) is 6.43. The highest BCUT2D eigenvalue weighted by molar-refractivity contribution is 14.1. The van der Waals surface area contributed by atoms with E-state index in [9.17, 15) is 19.5 Å². The lowest BCUT2D eigenvalue weighted by Gasteiger charge is -2.16. The van der Waals surface area contributed by atoms with E-state index in [2.05, 4.69) is 10.6 Å². The van der Waals surface area contributed by atoms with Crippen LogP contribution in [-0.2, 0) is 4.79 Å². The minimum Gasteiger partial charge on any atom is -0.478 e. The summed E-state index contributed by atoms with van der Waals surface area (Å²) in [6.45, 7) is 1.32. The average Bonchev–Trinajstić information content (AvgIpc) is 2.33. The summed E-state index contributed by atoms with van der Waals surface area (Å²) in [7, 11) is 1.46. The van der Waals surface area contributed by atoms with Gasteiger partial charge in [-0.05, 0) is 67.8 Å². The highest BCUT2D eigenvalue weighted by Crippen LogP contribution is 2.35. The minimum absolute atomic E-state index is 0.00830. The van der Waals surface area contributed by atoms with E-state index >= 15 is 0 Å². The first-order valence-corrected chi connectivity index (χ1v) is 8.39. The highest BCUT2D eigenvalue weighted by Gasteiger charge is 2.27. The molecule has 0 radical (unpaired) electrons. The second kappa shape index (κ2) is 7.20. The number of carbonyl (C=O) groups excluding carboxylic acids is 2. The van der Waals surface area contributed by atoms with E-state index in [4.69, 9.17) is 0 Å². The summed E-state index contributed by atoms with van der Waals surface area (Å²) < 4.78 is 1.25. The summed E-state index contributed by atoms with van der Waals surface area (Å²) in [5, 5.41) is 14.4. The van der Waals surface area contributed by atoms with Gasteiger partial charge in [0.15, 0.2) is 0 Å². The number of benzene rings is 1. The van der Waals surface area contributed by atoms with Crippen LogP contribution in [0.3, 0.4) is 0 Å². The van der Waals surface area contributed by atoms with E-state index in [1.165, 1.54) is 14.0 Å². The molecule has 0 bridgehead atoms. The van der Waals surface area contributed by atoms with Crippen LogP contribution < -0.4 is 10.6 Å². The van der Waals surface area contributed by atoms with Crippen LogP contribution in [0.25, 0.3) is 0 Å². The molecule has 0 aliphatic heterocycles. The van der Waals surface area contributed by atoms with Gasteiger partial charge in [0.05, 0.1) is 24.0 Å². The second-order valence-electron chi connectivity index (χ2n) is 3.63. The summed E-state index contributed by atoms with van der Waals surface area (Å²) in [4.78, 5) is 34.6. The summed E-state index contributed by atoms with van der Waals surface area (Å²) in [5.74, 6) is -1.88. The molecule has 20 heavy (non-hydrogen) atoms. The summed E-state index contributed by atoms with van der Waals surface area (Å²) in [6, 6.07) is 0. The van der Waals surface area contributed by atoms with Gasteiger partial charge in [-0.3, -0.25) is 9.59 Å². The number of rotatable bonds is 3. The SMILES string of the molecule is CNC(=O)c1c([125I])c(NC(C)=O)c([125I])c(C(=O)O)c1[125I]. The number of carboxylic acids is 1. The van der Waals surface area contributed by atoms with E-state index in [1.54, 1.807) is 0 Å². The first-order chi connectivity index (χ1) is 9.22. The number of halogens is 3. The first kappa shape index (κ1) is 17.9. The fraction of sp³-hybridized carbons (Fsp3) is 0.182. The summed E-state index contributed by atoms with van der Waals surface area (Å²) in [5.41, 5.74) is 0.597. The molecule has 1 aromatic carbocycles. The van der Waals surface area contributed by atoms with Crippen LogP contribution in [0.2, 0.25) is 0 Å². The van der Waals surface area contributed by atoms with Crippen molar-refractivity contribution >= 4 is 91.2 Å². The maximum atomic E-state index is 12.0. The smallest absolute Gasteiger partial charge is 0.337 e. The zero-order valence-corrected chi connectivity index (χ0v) is 16.8. The molecule has 1 rings (SSSR count). The molecular weight excluding hydrogens is 599 g/mol. The number of carboxylic acid groups (broad SMARTS) is 1. The van der Waals surface area contributed by atoms with Crippen molar-refractivity contribution in [3.8, 4) is 0 Å². The number of anilines is 1. The molecule has 0 atom stereocenters. The van der Waals surface area contributed by atoms with Gasteiger partial charge >= 0.3 is 5.97 Å². The molecule has 0 unspecified atom stereocenters. The van der Waals surface area contributed by atoms with Crippen molar-refractivity contribution < 1.29 is 19.5 Å². The molecule has 0 heterocycles. The molecule has 3 N–H and O–H groups in total. The fourth-order valence-electron chi connectivity index (χ4n) is 1.46. The molecule has 0 spiro atoms. The van der Waals surface area contributed by atoms with Gasteiger partial charge in [-0.25, -0.2) is 4.79 Å². The predicted molar refractivity (Wildman–Crippen MR) is 99.2 cm³/mol. The number of carbonyl (C=O) groups is 3. The molecule has 6 nitrogen and oxygen atoms in total. The summed E-state index contributed by atoms with van der Waals surface area (Å²) >= 11 is 5.61.